The summed E-state index contributed by atoms with van der Waals surface area (Å²) in [6.45, 7) is 3.97. The standard InChI is InChI=1S/C38H39F2N7O4/c1-3-26-29(39)6-5-22-13-24(48)14-27(31(22)26)33-32(40)34-28(16-41-33)35-43-36(42-34)51-21-38-9-4-11-47(38)18-25(15-38)50-12-8-30(49)45(2)19-37-10-7-23(44-37)17-46(35)20-37/h1,5-6,13-14,16,23,25,44,48H,4,7-12,15,17-21H2,2H3/t23-,25-,37-,38-/m1/s1. The lowest BCUT2D eigenvalue weighted by Crippen LogP contribution is -2.64. The topological polar surface area (TPSA) is 116 Å². The van der Waals surface area contributed by atoms with E-state index < -0.39 is 17.2 Å². The van der Waals surface area contributed by atoms with E-state index in [0.717, 1.165) is 45.2 Å². The first-order valence-electron chi connectivity index (χ1n) is 17.7. The molecular formula is C38H39F2N7O4. The van der Waals surface area contributed by atoms with Crippen LogP contribution in [0.15, 0.2) is 30.5 Å². The van der Waals surface area contributed by atoms with Crippen molar-refractivity contribution in [1.82, 2.24) is 30.1 Å². The van der Waals surface area contributed by atoms with Crippen molar-refractivity contribution >= 4 is 33.4 Å². The van der Waals surface area contributed by atoms with Crippen LogP contribution in [0.1, 0.15) is 44.1 Å². The quantitative estimate of drug-likeness (QED) is 0.284. The van der Waals surface area contributed by atoms with E-state index in [1.165, 1.54) is 30.5 Å². The lowest BCUT2D eigenvalue weighted by molar-refractivity contribution is -0.132. The van der Waals surface area contributed by atoms with E-state index in [-0.39, 0.29) is 63.1 Å². The molecule has 2 aromatic heterocycles. The summed E-state index contributed by atoms with van der Waals surface area (Å²) in [6.07, 6.45) is 12.0. The van der Waals surface area contributed by atoms with E-state index in [1.807, 2.05) is 7.05 Å². The molecule has 4 aromatic rings. The highest BCUT2D eigenvalue weighted by atomic mass is 19.1. The van der Waals surface area contributed by atoms with Crippen LogP contribution in [0.3, 0.4) is 0 Å². The minimum Gasteiger partial charge on any atom is -0.508 e. The number of likely N-dealkylation sites (N-methyl/N-ethyl adjacent to an activating group) is 1. The van der Waals surface area contributed by atoms with Crippen molar-refractivity contribution in [2.45, 2.75) is 61.7 Å². The first kappa shape index (κ1) is 32.3. The number of hydrogen-bond donors (Lipinski definition) is 2. The number of nitrogens with one attached hydrogen (secondary N) is 1. The van der Waals surface area contributed by atoms with Gasteiger partial charge in [0.15, 0.2) is 5.82 Å². The van der Waals surface area contributed by atoms with Crippen LogP contribution in [-0.4, -0.2) is 112 Å². The van der Waals surface area contributed by atoms with Crippen molar-refractivity contribution in [3.63, 3.8) is 0 Å². The van der Waals surface area contributed by atoms with Crippen molar-refractivity contribution in [2.75, 3.05) is 57.9 Å². The third-order valence-electron chi connectivity index (χ3n) is 11.7. The minimum absolute atomic E-state index is 0.00583. The molecule has 7 heterocycles. The van der Waals surface area contributed by atoms with E-state index in [9.17, 15) is 14.3 Å². The number of anilines is 1. The molecule has 0 radical (unpaired) electrons. The number of nitrogens with zero attached hydrogens (tertiary/aromatic N) is 6. The van der Waals surface area contributed by atoms with Crippen LogP contribution in [0.5, 0.6) is 11.8 Å². The van der Waals surface area contributed by atoms with Gasteiger partial charge in [0, 0.05) is 56.4 Å². The van der Waals surface area contributed by atoms with Crippen LogP contribution in [0, 0.1) is 24.0 Å². The number of phenolic OH excluding ortho intramolecular Hbond substituents is 1. The fraction of sp³-hybridized carbons (Fsp3) is 0.474. The lowest BCUT2D eigenvalue weighted by atomic mass is 9.94. The Bertz CT molecular complexity index is 2140. The van der Waals surface area contributed by atoms with Crippen LogP contribution in [0.4, 0.5) is 14.6 Å². The van der Waals surface area contributed by atoms with Crippen molar-refractivity contribution in [2.24, 2.45) is 0 Å². The SMILES string of the molecule is C#Cc1c(F)ccc2cc(O)cc(-c3ncc4c5nc(nc4c3F)OC[C@]34CCCN3C[C@@H](C4)OCCC(=O)N(C)C[C@]34CC[C@H](CN5C3)N4)c12. The Morgan fingerprint density at radius 1 is 1.16 bits per heavy atom. The van der Waals surface area contributed by atoms with Gasteiger partial charge in [0.1, 0.15) is 35.2 Å². The maximum Gasteiger partial charge on any atom is 0.319 e. The molecule has 5 aliphatic heterocycles. The molecule has 5 aliphatic rings. The molecule has 11 nitrogen and oxygen atoms in total. The second-order valence-corrected chi connectivity index (χ2v) is 15.0. The zero-order valence-corrected chi connectivity index (χ0v) is 28.4. The Kier molecular flexibility index (Phi) is 7.58. The van der Waals surface area contributed by atoms with Crippen molar-refractivity contribution < 1.29 is 28.2 Å². The maximum atomic E-state index is 17.1. The number of carbonyl (C=O) groups is 1. The number of rotatable bonds is 1. The van der Waals surface area contributed by atoms with Crippen LogP contribution < -0.4 is 15.0 Å². The van der Waals surface area contributed by atoms with Gasteiger partial charge in [-0.1, -0.05) is 12.0 Å². The number of fused-ring (bicyclic) bond motifs is 9. The van der Waals surface area contributed by atoms with Crippen LogP contribution in [0.25, 0.3) is 32.9 Å². The van der Waals surface area contributed by atoms with Gasteiger partial charge in [0.05, 0.1) is 41.2 Å². The number of terminal acetylenes is 1. The molecule has 7 bridgehead atoms. The summed E-state index contributed by atoms with van der Waals surface area (Å²) < 4.78 is 44.8. The first-order valence-corrected chi connectivity index (χ1v) is 17.7. The molecule has 0 aliphatic carbocycles. The van der Waals surface area contributed by atoms with Crippen LogP contribution >= 0.6 is 0 Å². The summed E-state index contributed by atoms with van der Waals surface area (Å²) in [5.74, 6) is 1.38. The number of pyridine rings is 1. The number of hydrogen-bond acceptors (Lipinski definition) is 10. The van der Waals surface area contributed by atoms with Gasteiger partial charge in [-0.05, 0) is 62.2 Å². The number of aromatic hydroxyl groups is 1. The molecule has 4 fully saturated rings. The van der Waals surface area contributed by atoms with Gasteiger partial charge in [0.2, 0.25) is 5.91 Å². The molecule has 264 valence electrons. The van der Waals surface area contributed by atoms with E-state index in [0.29, 0.717) is 55.9 Å². The molecule has 9 rings (SSSR count). The average molecular weight is 696 g/mol. The van der Waals surface area contributed by atoms with Gasteiger partial charge in [-0.3, -0.25) is 14.7 Å². The average Bonchev–Trinajstić information content (AvgIpc) is 3.76. The normalized spacial score (nSPS) is 28.2. The van der Waals surface area contributed by atoms with Gasteiger partial charge >= 0.3 is 6.01 Å². The number of piperazine rings is 1. The van der Waals surface area contributed by atoms with Crippen molar-refractivity contribution in [1.29, 1.82) is 0 Å². The van der Waals surface area contributed by atoms with Crippen LogP contribution in [0.2, 0.25) is 0 Å². The number of aromatic nitrogens is 3. The molecule has 1 amide bonds. The summed E-state index contributed by atoms with van der Waals surface area (Å²) in [4.78, 5) is 33.8. The Morgan fingerprint density at radius 2 is 2.04 bits per heavy atom. The predicted molar refractivity (Wildman–Crippen MR) is 187 cm³/mol. The molecule has 4 saturated heterocycles. The number of ether oxygens (including phenoxy) is 2. The zero-order valence-electron chi connectivity index (χ0n) is 28.4. The minimum atomic E-state index is -0.765. The Hall–Kier alpha value is -4.64. The molecule has 13 heteroatoms. The van der Waals surface area contributed by atoms with Crippen molar-refractivity contribution in [3.8, 4) is 35.4 Å². The third kappa shape index (κ3) is 5.34. The highest BCUT2D eigenvalue weighted by molar-refractivity contribution is 6.03. The van der Waals surface area contributed by atoms with Crippen molar-refractivity contribution in [3.05, 3.63) is 47.7 Å². The summed E-state index contributed by atoms with van der Waals surface area (Å²) in [7, 11) is 1.84. The number of benzene rings is 2. The smallest absolute Gasteiger partial charge is 0.319 e. The first-order chi connectivity index (χ1) is 24.6. The van der Waals surface area contributed by atoms with Gasteiger partial charge < -0.3 is 29.7 Å². The number of carbonyl (C=O) groups excluding carboxylic acids is 1. The molecule has 0 saturated carbocycles. The van der Waals surface area contributed by atoms with E-state index in [2.05, 4.69) is 31.0 Å². The maximum absolute atomic E-state index is 17.1. The molecule has 0 unspecified atom stereocenters. The Balaban J connectivity index is 1.21. The van der Waals surface area contributed by atoms with E-state index in [1.54, 1.807) is 4.90 Å². The highest BCUT2D eigenvalue weighted by Gasteiger charge is 2.50. The van der Waals surface area contributed by atoms with Gasteiger partial charge in [-0.25, -0.2) is 8.78 Å². The third-order valence-corrected chi connectivity index (χ3v) is 11.7. The fourth-order valence-corrected chi connectivity index (χ4v) is 9.41. The predicted octanol–water partition coefficient (Wildman–Crippen LogP) is 3.99. The largest absolute Gasteiger partial charge is 0.508 e. The number of amides is 1. The summed E-state index contributed by atoms with van der Waals surface area (Å²) >= 11 is 0. The summed E-state index contributed by atoms with van der Waals surface area (Å²) in [5, 5.41) is 15.5. The molecule has 51 heavy (non-hydrogen) atoms. The van der Waals surface area contributed by atoms with Gasteiger partial charge in [-0.2, -0.15) is 9.97 Å². The lowest BCUT2D eigenvalue weighted by Gasteiger charge is -2.44. The summed E-state index contributed by atoms with van der Waals surface area (Å²) in [5.41, 5.74) is -0.723. The summed E-state index contributed by atoms with van der Waals surface area (Å²) in [6, 6.07) is 5.69. The van der Waals surface area contributed by atoms with Gasteiger partial charge in [-0.15, -0.1) is 6.42 Å². The Labute approximate surface area is 293 Å². The molecule has 2 aromatic carbocycles. The number of halogens is 2. The van der Waals surface area contributed by atoms with Crippen LogP contribution in [-0.2, 0) is 9.53 Å². The molecule has 4 atom stereocenters. The second kappa shape index (κ2) is 12.0. The highest BCUT2D eigenvalue weighted by Crippen LogP contribution is 2.43. The molecule has 2 spiro atoms. The second-order valence-electron chi connectivity index (χ2n) is 15.0. The molecular weight excluding hydrogens is 656 g/mol. The number of phenols is 1. The fourth-order valence-electron chi connectivity index (χ4n) is 9.41. The van der Waals surface area contributed by atoms with E-state index >= 15 is 4.39 Å². The zero-order chi connectivity index (χ0) is 35.1. The van der Waals surface area contributed by atoms with E-state index in [4.69, 9.17) is 20.9 Å². The Morgan fingerprint density at radius 3 is 2.90 bits per heavy atom. The molecule has 2 N–H and O–H groups in total. The van der Waals surface area contributed by atoms with Gasteiger partial charge in [0.25, 0.3) is 0 Å². The monoisotopic (exact) mass is 695 g/mol.